The van der Waals surface area contributed by atoms with Crippen molar-refractivity contribution in [2.45, 2.75) is 6.42 Å². The van der Waals surface area contributed by atoms with Gasteiger partial charge in [0.05, 0.1) is 5.52 Å². The second-order valence-electron chi connectivity index (χ2n) is 4.87. The summed E-state index contributed by atoms with van der Waals surface area (Å²) >= 11 is 0. The van der Waals surface area contributed by atoms with Gasteiger partial charge in [0.15, 0.2) is 5.43 Å². The summed E-state index contributed by atoms with van der Waals surface area (Å²) < 4.78 is 0. The molecule has 1 fully saturated rings. The molecule has 5 heteroatoms. The first-order valence-corrected chi connectivity index (χ1v) is 6.31. The van der Waals surface area contributed by atoms with E-state index in [0.29, 0.717) is 30.7 Å². The number of hydrogen-bond acceptors (Lipinski definition) is 3. The molecule has 1 aliphatic heterocycles. The molecule has 1 aromatic carbocycles. The molecule has 1 atom stereocenters. The van der Waals surface area contributed by atoms with Gasteiger partial charge in [0.1, 0.15) is 5.82 Å². The van der Waals surface area contributed by atoms with Gasteiger partial charge in [-0.3, -0.25) is 14.5 Å². The summed E-state index contributed by atoms with van der Waals surface area (Å²) in [5, 5.41) is 0.633. The number of carbonyl (C=O) groups is 1. The second-order valence-corrected chi connectivity index (χ2v) is 4.87. The Morgan fingerprint density at radius 3 is 2.84 bits per heavy atom. The summed E-state index contributed by atoms with van der Waals surface area (Å²) in [6.45, 7) is 1.06. The number of benzene rings is 1. The summed E-state index contributed by atoms with van der Waals surface area (Å²) in [5.74, 6) is 0.744. The van der Waals surface area contributed by atoms with E-state index < -0.39 is 0 Å². The number of fused-ring (bicyclic) bond motifs is 1. The molecule has 1 aliphatic rings. The summed E-state index contributed by atoms with van der Waals surface area (Å²) in [7, 11) is 0. The zero-order valence-corrected chi connectivity index (χ0v) is 10.4. The maximum Gasteiger partial charge on any atom is 0.228 e. The van der Waals surface area contributed by atoms with Crippen LogP contribution in [0.15, 0.2) is 35.1 Å². The Morgan fingerprint density at radius 1 is 1.32 bits per heavy atom. The number of pyridine rings is 1. The van der Waals surface area contributed by atoms with Crippen molar-refractivity contribution >= 4 is 22.6 Å². The minimum Gasteiger partial charge on any atom is -0.341 e. The fraction of sp³-hybridized carbons (Fsp3) is 0.286. The number of rotatable bonds is 2. The van der Waals surface area contributed by atoms with Gasteiger partial charge in [-0.25, -0.2) is 0 Å². The number of aromatic amines is 1. The van der Waals surface area contributed by atoms with Crippen LogP contribution in [0.4, 0.5) is 5.82 Å². The van der Waals surface area contributed by atoms with Crippen LogP contribution in [0.25, 0.3) is 10.9 Å². The molecule has 2 heterocycles. The lowest BCUT2D eigenvalue weighted by molar-refractivity contribution is -0.117. The molecule has 0 saturated carbocycles. The number of hydrogen-bond donors (Lipinski definition) is 2. The first-order chi connectivity index (χ1) is 9.19. The topological polar surface area (TPSA) is 79.2 Å². The number of nitrogens with one attached hydrogen (secondary N) is 1. The lowest BCUT2D eigenvalue weighted by atomic mass is 10.1. The van der Waals surface area contributed by atoms with Crippen LogP contribution in [0, 0.1) is 5.92 Å². The number of nitrogens with zero attached hydrogens (tertiary/aromatic N) is 1. The Morgan fingerprint density at radius 2 is 2.11 bits per heavy atom. The van der Waals surface area contributed by atoms with E-state index in [2.05, 4.69) is 4.98 Å². The van der Waals surface area contributed by atoms with Crippen molar-refractivity contribution in [2.75, 3.05) is 18.0 Å². The van der Waals surface area contributed by atoms with Crippen molar-refractivity contribution in [3.05, 3.63) is 40.6 Å². The Kier molecular flexibility index (Phi) is 2.83. The van der Waals surface area contributed by atoms with Gasteiger partial charge in [-0.15, -0.1) is 0 Å². The molecular weight excluding hydrogens is 242 g/mol. The first kappa shape index (κ1) is 11.9. The largest absolute Gasteiger partial charge is 0.341 e. The third kappa shape index (κ3) is 2.02. The molecule has 0 radical (unpaired) electrons. The molecule has 1 unspecified atom stereocenters. The highest BCUT2D eigenvalue weighted by molar-refractivity contribution is 5.96. The number of para-hydroxylation sites is 1. The van der Waals surface area contributed by atoms with E-state index in [9.17, 15) is 9.59 Å². The molecule has 98 valence electrons. The highest BCUT2D eigenvalue weighted by Gasteiger charge is 2.30. The Balaban J connectivity index is 2.07. The standard InChI is InChI=1S/C14H15N3O2/c15-7-9-5-14(19)17(8-9)13-6-12(18)10-3-1-2-4-11(10)16-13/h1-4,6,9H,5,7-8,15H2,(H,16,18). The van der Waals surface area contributed by atoms with E-state index in [1.807, 2.05) is 18.2 Å². The monoisotopic (exact) mass is 257 g/mol. The molecular formula is C14H15N3O2. The lowest BCUT2D eigenvalue weighted by Crippen LogP contribution is -2.27. The van der Waals surface area contributed by atoms with Crippen LogP contribution in [0.3, 0.4) is 0 Å². The average molecular weight is 257 g/mol. The van der Waals surface area contributed by atoms with E-state index in [1.54, 1.807) is 11.0 Å². The molecule has 3 rings (SSSR count). The van der Waals surface area contributed by atoms with Crippen LogP contribution < -0.4 is 16.1 Å². The van der Waals surface area contributed by atoms with E-state index in [0.717, 1.165) is 5.52 Å². The molecule has 1 aromatic heterocycles. The molecule has 0 spiro atoms. The van der Waals surface area contributed by atoms with Crippen molar-refractivity contribution in [2.24, 2.45) is 11.7 Å². The van der Waals surface area contributed by atoms with Crippen LogP contribution in [0.2, 0.25) is 0 Å². The van der Waals surface area contributed by atoms with Crippen molar-refractivity contribution in [3.8, 4) is 0 Å². The highest BCUT2D eigenvalue weighted by atomic mass is 16.2. The van der Waals surface area contributed by atoms with Crippen molar-refractivity contribution in [3.63, 3.8) is 0 Å². The molecule has 19 heavy (non-hydrogen) atoms. The molecule has 1 saturated heterocycles. The number of aromatic nitrogens is 1. The number of H-pyrrole nitrogens is 1. The summed E-state index contributed by atoms with van der Waals surface area (Å²) in [5.41, 5.74) is 6.27. The van der Waals surface area contributed by atoms with Gasteiger partial charge >= 0.3 is 0 Å². The summed E-state index contributed by atoms with van der Waals surface area (Å²) in [4.78, 5) is 28.7. The Hall–Kier alpha value is -2.14. The van der Waals surface area contributed by atoms with E-state index in [-0.39, 0.29) is 17.3 Å². The first-order valence-electron chi connectivity index (χ1n) is 6.31. The summed E-state index contributed by atoms with van der Waals surface area (Å²) in [6, 6.07) is 8.77. The lowest BCUT2D eigenvalue weighted by Gasteiger charge is -2.16. The van der Waals surface area contributed by atoms with Crippen LogP contribution >= 0.6 is 0 Å². The zero-order valence-electron chi connectivity index (χ0n) is 10.4. The van der Waals surface area contributed by atoms with Gasteiger partial charge in [-0.2, -0.15) is 0 Å². The number of anilines is 1. The molecule has 2 aromatic rings. The van der Waals surface area contributed by atoms with Crippen molar-refractivity contribution in [1.82, 2.24) is 4.98 Å². The summed E-state index contributed by atoms with van der Waals surface area (Å²) in [6.07, 6.45) is 0.450. The smallest absolute Gasteiger partial charge is 0.228 e. The van der Waals surface area contributed by atoms with Gasteiger partial charge in [0, 0.05) is 24.4 Å². The van der Waals surface area contributed by atoms with Crippen molar-refractivity contribution < 1.29 is 4.79 Å². The average Bonchev–Trinajstić information content (AvgIpc) is 2.80. The Labute approximate surface area is 110 Å². The molecule has 3 N–H and O–H groups in total. The minimum atomic E-state index is -0.0756. The molecule has 1 amide bonds. The van der Waals surface area contributed by atoms with Crippen LogP contribution in [-0.2, 0) is 4.79 Å². The van der Waals surface area contributed by atoms with Gasteiger partial charge in [0.2, 0.25) is 5.91 Å². The zero-order chi connectivity index (χ0) is 13.4. The van der Waals surface area contributed by atoms with Gasteiger partial charge in [-0.1, -0.05) is 12.1 Å². The SMILES string of the molecule is NCC1CC(=O)N(c2cc(=O)c3ccccc3[nH]2)C1. The number of carbonyl (C=O) groups excluding carboxylic acids is 1. The van der Waals surface area contributed by atoms with E-state index >= 15 is 0 Å². The second kappa shape index (κ2) is 4.51. The quantitative estimate of drug-likeness (QED) is 0.836. The third-order valence-corrected chi connectivity index (χ3v) is 3.55. The molecule has 0 aliphatic carbocycles. The number of amides is 1. The van der Waals surface area contributed by atoms with E-state index in [1.165, 1.54) is 6.07 Å². The predicted molar refractivity (Wildman–Crippen MR) is 74.1 cm³/mol. The van der Waals surface area contributed by atoms with Gasteiger partial charge in [-0.05, 0) is 24.6 Å². The van der Waals surface area contributed by atoms with Crippen LogP contribution in [-0.4, -0.2) is 24.0 Å². The normalized spacial score (nSPS) is 19.3. The maximum atomic E-state index is 12.0. The van der Waals surface area contributed by atoms with Crippen molar-refractivity contribution in [1.29, 1.82) is 0 Å². The fourth-order valence-corrected chi connectivity index (χ4v) is 2.50. The third-order valence-electron chi connectivity index (χ3n) is 3.55. The molecule has 5 nitrogen and oxygen atoms in total. The predicted octanol–water partition coefficient (Wildman–Crippen LogP) is 0.840. The fourth-order valence-electron chi connectivity index (χ4n) is 2.50. The van der Waals surface area contributed by atoms with Crippen LogP contribution in [0.1, 0.15) is 6.42 Å². The van der Waals surface area contributed by atoms with Gasteiger partial charge < -0.3 is 10.7 Å². The maximum absolute atomic E-state index is 12.0. The molecule has 0 bridgehead atoms. The van der Waals surface area contributed by atoms with Gasteiger partial charge in [0.25, 0.3) is 0 Å². The minimum absolute atomic E-state index is 0.0152. The number of nitrogens with two attached hydrogens (primary N) is 1. The Bertz CT molecular complexity index is 692. The van der Waals surface area contributed by atoms with E-state index in [4.69, 9.17) is 5.73 Å². The highest BCUT2D eigenvalue weighted by Crippen LogP contribution is 2.23. The van der Waals surface area contributed by atoms with Crippen LogP contribution in [0.5, 0.6) is 0 Å².